The molecule has 1 N–H and O–H groups in total. The monoisotopic (exact) mass is 436 g/mol. The number of hydrogen-bond donors (Lipinski definition) is 1. The number of hydrogen-bond acceptors (Lipinski definition) is 8. The number of esters is 1. The van der Waals surface area contributed by atoms with E-state index in [0.29, 0.717) is 6.54 Å². The van der Waals surface area contributed by atoms with Crippen LogP contribution in [-0.4, -0.2) is 37.9 Å². The zero-order valence-electron chi connectivity index (χ0n) is 16.2. The van der Waals surface area contributed by atoms with Gasteiger partial charge in [0.1, 0.15) is 10.6 Å². The lowest BCUT2D eigenvalue weighted by Gasteiger charge is -2.13. The number of nitrogens with one attached hydrogen (secondary N) is 1. The van der Waals surface area contributed by atoms with Crippen molar-refractivity contribution in [1.82, 2.24) is 5.32 Å². The molecule has 2 rings (SSSR count). The van der Waals surface area contributed by atoms with Crippen LogP contribution >= 0.6 is 0 Å². The maximum atomic E-state index is 12.3. The molecule has 0 saturated heterocycles. The fraction of sp³-hybridized carbons (Fsp3) is 0.263. The smallest absolute Gasteiger partial charge is 0.339 e. The standard InChI is InChI=1S/C19H20N2O8S/c1-3-11-20-18(22)13(2)28-19(23)14-7-9-16(10-8-14)29-30(26,27)17-6-4-5-15(12-17)21(24)25/h4-10,12-13H,3,11H2,1-2H3,(H,20,22). The predicted molar refractivity (Wildman–Crippen MR) is 106 cm³/mol. The predicted octanol–water partition coefficient (Wildman–Crippen LogP) is 2.43. The van der Waals surface area contributed by atoms with Crippen molar-refractivity contribution in [3.8, 4) is 5.75 Å². The maximum Gasteiger partial charge on any atom is 0.339 e. The molecule has 2 aromatic rings. The molecule has 0 saturated carbocycles. The first-order chi connectivity index (χ1) is 14.1. The number of carbonyl (C=O) groups excluding carboxylic acids is 2. The fourth-order valence-corrected chi connectivity index (χ4v) is 3.22. The summed E-state index contributed by atoms with van der Waals surface area (Å²) in [6.45, 7) is 3.79. The van der Waals surface area contributed by atoms with E-state index in [-0.39, 0.29) is 16.2 Å². The Morgan fingerprint density at radius 2 is 1.83 bits per heavy atom. The number of nitrogens with zero attached hydrogens (tertiary/aromatic N) is 1. The Kier molecular flexibility index (Phi) is 7.48. The second kappa shape index (κ2) is 9.83. The van der Waals surface area contributed by atoms with Gasteiger partial charge in [0.2, 0.25) is 0 Å². The van der Waals surface area contributed by atoms with E-state index in [1.807, 2.05) is 6.92 Å². The van der Waals surface area contributed by atoms with Gasteiger partial charge in [-0.15, -0.1) is 0 Å². The number of rotatable bonds is 9. The van der Waals surface area contributed by atoms with Gasteiger partial charge in [-0.25, -0.2) is 4.79 Å². The number of non-ortho nitro benzene ring substituents is 1. The van der Waals surface area contributed by atoms with Crippen molar-refractivity contribution in [2.24, 2.45) is 0 Å². The van der Waals surface area contributed by atoms with E-state index in [2.05, 4.69) is 5.32 Å². The Hall–Kier alpha value is -3.47. The topological polar surface area (TPSA) is 142 Å². The van der Waals surface area contributed by atoms with Crippen molar-refractivity contribution in [2.75, 3.05) is 6.54 Å². The third-order valence-corrected chi connectivity index (χ3v) is 5.06. The zero-order chi connectivity index (χ0) is 22.3. The van der Waals surface area contributed by atoms with E-state index in [1.54, 1.807) is 0 Å². The van der Waals surface area contributed by atoms with Crippen LogP contribution in [0.2, 0.25) is 0 Å². The van der Waals surface area contributed by atoms with Crippen LogP contribution in [0.3, 0.4) is 0 Å². The summed E-state index contributed by atoms with van der Waals surface area (Å²) in [5.74, 6) is -1.29. The first-order valence-electron chi connectivity index (χ1n) is 8.91. The number of benzene rings is 2. The number of carbonyl (C=O) groups is 2. The summed E-state index contributed by atoms with van der Waals surface area (Å²) in [6.07, 6.45) is -0.248. The largest absolute Gasteiger partial charge is 0.449 e. The molecule has 2 aromatic carbocycles. The van der Waals surface area contributed by atoms with E-state index >= 15 is 0 Å². The van der Waals surface area contributed by atoms with Gasteiger partial charge < -0.3 is 14.2 Å². The van der Waals surface area contributed by atoms with Gasteiger partial charge in [0, 0.05) is 18.7 Å². The summed E-state index contributed by atoms with van der Waals surface area (Å²) in [5.41, 5.74) is -0.305. The number of nitro benzene ring substituents is 1. The van der Waals surface area contributed by atoms with Crippen molar-refractivity contribution in [3.05, 3.63) is 64.2 Å². The molecular weight excluding hydrogens is 416 g/mol. The van der Waals surface area contributed by atoms with Crippen LogP contribution < -0.4 is 9.50 Å². The SMILES string of the molecule is CCCNC(=O)C(C)OC(=O)c1ccc(OS(=O)(=O)c2cccc([N+](=O)[O-])c2)cc1. The van der Waals surface area contributed by atoms with E-state index < -0.39 is 38.7 Å². The van der Waals surface area contributed by atoms with E-state index in [1.165, 1.54) is 43.3 Å². The molecule has 0 bridgehead atoms. The Morgan fingerprint density at radius 3 is 2.43 bits per heavy atom. The molecule has 1 amide bonds. The fourth-order valence-electron chi connectivity index (χ4n) is 2.25. The molecule has 0 spiro atoms. The molecule has 0 fully saturated rings. The minimum atomic E-state index is -4.32. The Bertz CT molecular complexity index is 1030. The zero-order valence-corrected chi connectivity index (χ0v) is 17.0. The van der Waals surface area contributed by atoms with Crippen molar-refractivity contribution in [3.63, 3.8) is 0 Å². The minimum Gasteiger partial charge on any atom is -0.449 e. The third kappa shape index (κ3) is 6.01. The van der Waals surface area contributed by atoms with Gasteiger partial charge in [0.15, 0.2) is 6.10 Å². The van der Waals surface area contributed by atoms with Gasteiger partial charge in [0.25, 0.3) is 11.6 Å². The highest BCUT2D eigenvalue weighted by Gasteiger charge is 2.21. The van der Waals surface area contributed by atoms with Gasteiger partial charge >= 0.3 is 16.1 Å². The lowest BCUT2D eigenvalue weighted by atomic mass is 10.2. The first kappa shape index (κ1) is 22.8. The van der Waals surface area contributed by atoms with Crippen LogP contribution in [0.25, 0.3) is 0 Å². The highest BCUT2D eigenvalue weighted by Crippen LogP contribution is 2.22. The van der Waals surface area contributed by atoms with Crippen molar-refractivity contribution < 1.29 is 31.9 Å². The molecule has 160 valence electrons. The van der Waals surface area contributed by atoms with Crippen LogP contribution in [0, 0.1) is 10.1 Å². The van der Waals surface area contributed by atoms with Crippen LogP contribution in [-0.2, 0) is 19.6 Å². The Morgan fingerprint density at radius 1 is 1.17 bits per heavy atom. The Balaban J connectivity index is 2.06. The molecule has 0 radical (unpaired) electrons. The summed E-state index contributed by atoms with van der Waals surface area (Å²) in [5, 5.41) is 13.4. The molecule has 0 aliphatic rings. The second-order valence-corrected chi connectivity index (χ2v) is 7.70. The van der Waals surface area contributed by atoms with Crippen LogP contribution in [0.1, 0.15) is 30.6 Å². The van der Waals surface area contributed by atoms with E-state index in [0.717, 1.165) is 18.6 Å². The highest BCUT2D eigenvalue weighted by molar-refractivity contribution is 7.87. The molecule has 0 heterocycles. The molecule has 0 aromatic heterocycles. The number of ether oxygens (including phenoxy) is 1. The highest BCUT2D eigenvalue weighted by atomic mass is 32.2. The van der Waals surface area contributed by atoms with Crippen LogP contribution in [0.5, 0.6) is 5.75 Å². The molecule has 0 aliphatic carbocycles. The lowest BCUT2D eigenvalue weighted by Crippen LogP contribution is -2.36. The average molecular weight is 436 g/mol. The quantitative estimate of drug-likeness (QED) is 0.273. The van der Waals surface area contributed by atoms with Gasteiger partial charge in [-0.3, -0.25) is 14.9 Å². The second-order valence-electron chi connectivity index (χ2n) is 6.15. The number of nitro groups is 1. The summed E-state index contributed by atoms with van der Waals surface area (Å²) in [4.78, 5) is 33.6. The maximum absolute atomic E-state index is 12.3. The van der Waals surface area contributed by atoms with Gasteiger partial charge in [-0.05, 0) is 43.7 Å². The Labute approximate surface area is 173 Å². The summed E-state index contributed by atoms with van der Waals surface area (Å²) in [7, 11) is -4.32. The van der Waals surface area contributed by atoms with Gasteiger partial charge in [0.05, 0.1) is 10.5 Å². The molecule has 0 aliphatic heterocycles. The van der Waals surface area contributed by atoms with Crippen molar-refractivity contribution >= 4 is 27.7 Å². The number of amides is 1. The van der Waals surface area contributed by atoms with Gasteiger partial charge in [-0.2, -0.15) is 8.42 Å². The molecule has 30 heavy (non-hydrogen) atoms. The normalized spacial score (nSPS) is 11.9. The van der Waals surface area contributed by atoms with Crippen LogP contribution in [0.15, 0.2) is 53.4 Å². The average Bonchev–Trinajstić information content (AvgIpc) is 2.72. The van der Waals surface area contributed by atoms with Crippen LogP contribution in [0.4, 0.5) is 5.69 Å². The van der Waals surface area contributed by atoms with E-state index in [9.17, 15) is 28.1 Å². The minimum absolute atomic E-state index is 0.0882. The third-order valence-electron chi connectivity index (χ3n) is 3.82. The molecular formula is C19H20N2O8S. The summed E-state index contributed by atoms with van der Waals surface area (Å²) < 4.78 is 34.7. The molecule has 1 unspecified atom stereocenters. The van der Waals surface area contributed by atoms with Gasteiger partial charge in [-0.1, -0.05) is 13.0 Å². The van der Waals surface area contributed by atoms with E-state index in [4.69, 9.17) is 8.92 Å². The summed E-state index contributed by atoms with van der Waals surface area (Å²) in [6, 6.07) is 9.44. The first-order valence-corrected chi connectivity index (χ1v) is 10.3. The summed E-state index contributed by atoms with van der Waals surface area (Å²) >= 11 is 0. The van der Waals surface area contributed by atoms with Crippen molar-refractivity contribution in [1.29, 1.82) is 0 Å². The molecule has 11 heteroatoms. The molecule has 10 nitrogen and oxygen atoms in total. The molecule has 1 atom stereocenters. The van der Waals surface area contributed by atoms with Crippen molar-refractivity contribution in [2.45, 2.75) is 31.3 Å². The lowest BCUT2D eigenvalue weighted by molar-refractivity contribution is -0.385.